The largest absolute Gasteiger partial charge is 0.307 e. The highest BCUT2D eigenvalue weighted by Gasteiger charge is 2.25. The van der Waals surface area contributed by atoms with Gasteiger partial charge in [0.25, 0.3) is 15.9 Å². The number of amides is 1. The highest BCUT2D eigenvalue weighted by molar-refractivity contribution is 7.92. The smallest absolute Gasteiger partial charge is 0.264 e. The molecule has 31 heavy (non-hydrogen) atoms. The number of sulfonamides is 1. The molecule has 0 aliphatic carbocycles. The minimum Gasteiger partial charge on any atom is -0.307 e. The van der Waals surface area contributed by atoms with E-state index >= 15 is 0 Å². The fourth-order valence-electron chi connectivity index (χ4n) is 3.30. The van der Waals surface area contributed by atoms with Crippen LogP contribution in [0.15, 0.2) is 65.6 Å². The van der Waals surface area contributed by atoms with E-state index in [1.54, 1.807) is 54.1 Å². The van der Waals surface area contributed by atoms with E-state index in [1.807, 2.05) is 33.8 Å². The van der Waals surface area contributed by atoms with E-state index in [1.165, 1.54) is 16.4 Å². The molecule has 1 heterocycles. The molecule has 0 spiro atoms. The molecule has 1 amide bonds. The Balaban J connectivity index is 1.92. The summed E-state index contributed by atoms with van der Waals surface area (Å²) in [5.41, 5.74) is 1.29. The van der Waals surface area contributed by atoms with Crippen LogP contribution in [-0.2, 0) is 15.6 Å². The number of aryl methyl sites for hydroxylation is 1. The van der Waals surface area contributed by atoms with Gasteiger partial charge in [0.15, 0.2) is 0 Å². The van der Waals surface area contributed by atoms with Gasteiger partial charge in [-0.05, 0) is 65.0 Å². The summed E-state index contributed by atoms with van der Waals surface area (Å²) in [7, 11) is -3.82. The molecule has 2 aromatic carbocycles. The highest BCUT2D eigenvalue weighted by Crippen LogP contribution is 2.25. The summed E-state index contributed by atoms with van der Waals surface area (Å²) in [6, 6.07) is 16.8. The van der Waals surface area contributed by atoms with Crippen LogP contribution in [0.1, 0.15) is 43.7 Å². The Bertz CT molecular complexity index is 1180. The van der Waals surface area contributed by atoms with Crippen LogP contribution in [0.2, 0.25) is 0 Å². The number of anilines is 2. The molecule has 0 aliphatic heterocycles. The third kappa shape index (κ3) is 4.80. The first-order valence-electron chi connectivity index (χ1n) is 10.1. The van der Waals surface area contributed by atoms with Gasteiger partial charge in [0.1, 0.15) is 5.82 Å². The zero-order valence-corrected chi connectivity index (χ0v) is 19.3. The molecular weight excluding hydrogens is 412 g/mol. The Hall–Kier alpha value is -3.13. The number of nitrogens with one attached hydrogen (secondary N) is 1. The Labute approximate surface area is 183 Å². The average Bonchev–Trinajstić information content (AvgIpc) is 3.10. The first kappa shape index (κ1) is 22.6. The van der Waals surface area contributed by atoms with Crippen LogP contribution in [-0.4, -0.2) is 30.7 Å². The molecule has 0 fully saturated rings. The molecule has 164 valence electrons. The Morgan fingerprint density at radius 2 is 1.74 bits per heavy atom. The molecule has 0 atom stereocenters. The van der Waals surface area contributed by atoms with Gasteiger partial charge in [0.05, 0.1) is 21.8 Å². The predicted molar refractivity (Wildman–Crippen MR) is 123 cm³/mol. The van der Waals surface area contributed by atoms with Gasteiger partial charge in [0.2, 0.25) is 0 Å². The molecular formula is C23H28N4O3S. The van der Waals surface area contributed by atoms with Crippen molar-refractivity contribution in [2.24, 2.45) is 0 Å². The van der Waals surface area contributed by atoms with Crippen molar-refractivity contribution in [1.29, 1.82) is 0 Å². The molecule has 0 bridgehead atoms. The fourth-order valence-corrected chi connectivity index (χ4v) is 4.82. The highest BCUT2D eigenvalue weighted by atomic mass is 32.2. The summed E-state index contributed by atoms with van der Waals surface area (Å²) in [5, 5.41) is 7.31. The number of nitrogens with zero attached hydrogens (tertiary/aromatic N) is 3. The van der Waals surface area contributed by atoms with Crippen molar-refractivity contribution in [1.82, 2.24) is 9.78 Å². The van der Waals surface area contributed by atoms with Gasteiger partial charge >= 0.3 is 0 Å². The topological polar surface area (TPSA) is 84.3 Å². The molecule has 3 rings (SSSR count). The molecule has 3 aromatic rings. The van der Waals surface area contributed by atoms with Gasteiger partial charge in [0, 0.05) is 18.2 Å². The van der Waals surface area contributed by atoms with E-state index in [-0.39, 0.29) is 22.5 Å². The molecule has 0 radical (unpaired) electrons. The van der Waals surface area contributed by atoms with Crippen LogP contribution in [0.3, 0.4) is 0 Å². The quantitative estimate of drug-likeness (QED) is 0.615. The molecule has 0 unspecified atom stereocenters. The van der Waals surface area contributed by atoms with Crippen LogP contribution < -0.4 is 9.62 Å². The summed E-state index contributed by atoms with van der Waals surface area (Å²) < 4.78 is 29.6. The number of para-hydroxylation sites is 1. The maximum Gasteiger partial charge on any atom is 0.264 e. The second kappa shape index (κ2) is 8.55. The van der Waals surface area contributed by atoms with Gasteiger partial charge in [-0.15, -0.1) is 0 Å². The first-order valence-corrected chi connectivity index (χ1v) is 11.5. The van der Waals surface area contributed by atoms with Crippen molar-refractivity contribution in [2.45, 2.75) is 45.1 Å². The standard InChI is InChI=1S/C23H28N4O3S/c1-6-26(19-12-8-7-9-13-19)31(29,30)20-14-10-11-18(16-20)22(28)24-21-15-17(2)25-27(21)23(3,4)5/h7-16H,6H2,1-5H3,(H,24,28). The van der Waals surface area contributed by atoms with Crippen LogP contribution in [0.5, 0.6) is 0 Å². The maximum atomic E-state index is 13.3. The Kier molecular flexibility index (Phi) is 6.22. The third-order valence-corrected chi connectivity index (χ3v) is 6.62. The maximum absolute atomic E-state index is 13.3. The average molecular weight is 441 g/mol. The predicted octanol–water partition coefficient (Wildman–Crippen LogP) is 4.41. The van der Waals surface area contributed by atoms with Crippen molar-refractivity contribution in [3.63, 3.8) is 0 Å². The molecule has 8 heteroatoms. The van der Waals surface area contributed by atoms with Crippen LogP contribution in [0, 0.1) is 6.92 Å². The monoisotopic (exact) mass is 440 g/mol. The molecule has 0 saturated heterocycles. The molecule has 1 aromatic heterocycles. The normalized spacial score (nSPS) is 11.9. The molecule has 0 saturated carbocycles. The summed E-state index contributed by atoms with van der Waals surface area (Å²) in [4.78, 5) is 13.0. The second-order valence-corrected chi connectivity index (χ2v) is 10.1. The lowest BCUT2D eigenvalue weighted by atomic mass is 10.1. The van der Waals surface area contributed by atoms with E-state index in [0.29, 0.717) is 11.5 Å². The number of rotatable bonds is 6. The van der Waals surface area contributed by atoms with Crippen molar-refractivity contribution < 1.29 is 13.2 Å². The zero-order chi connectivity index (χ0) is 22.8. The fraction of sp³-hybridized carbons (Fsp3) is 0.304. The number of aromatic nitrogens is 2. The van der Waals surface area contributed by atoms with Crippen LogP contribution >= 0.6 is 0 Å². The number of carbonyl (C=O) groups is 1. The van der Waals surface area contributed by atoms with Crippen molar-refractivity contribution >= 4 is 27.4 Å². The third-order valence-electron chi connectivity index (χ3n) is 4.72. The van der Waals surface area contributed by atoms with Gasteiger partial charge in [-0.2, -0.15) is 5.10 Å². The van der Waals surface area contributed by atoms with Gasteiger partial charge < -0.3 is 5.32 Å². The second-order valence-electron chi connectivity index (χ2n) is 8.24. The molecule has 1 N–H and O–H groups in total. The minimum atomic E-state index is -3.82. The Morgan fingerprint density at radius 3 is 2.35 bits per heavy atom. The van der Waals surface area contributed by atoms with E-state index in [4.69, 9.17) is 0 Å². The molecule has 7 nitrogen and oxygen atoms in total. The number of hydrogen-bond acceptors (Lipinski definition) is 4. The lowest BCUT2D eigenvalue weighted by molar-refractivity contribution is 0.102. The number of hydrogen-bond donors (Lipinski definition) is 1. The first-order chi connectivity index (χ1) is 14.5. The summed E-state index contributed by atoms with van der Waals surface area (Å²) in [5.74, 6) is 0.160. The van der Waals surface area contributed by atoms with E-state index in [9.17, 15) is 13.2 Å². The lowest BCUT2D eigenvalue weighted by Crippen LogP contribution is -2.31. The van der Waals surface area contributed by atoms with Gasteiger partial charge in [-0.1, -0.05) is 24.3 Å². The van der Waals surface area contributed by atoms with Crippen molar-refractivity contribution in [3.05, 3.63) is 71.9 Å². The van der Waals surface area contributed by atoms with E-state index in [0.717, 1.165) is 5.69 Å². The van der Waals surface area contributed by atoms with Crippen LogP contribution in [0.4, 0.5) is 11.5 Å². The summed E-state index contributed by atoms with van der Waals surface area (Å²) in [6.45, 7) is 9.87. The SMILES string of the molecule is CCN(c1ccccc1)S(=O)(=O)c1cccc(C(=O)Nc2cc(C)nn2C(C)(C)C)c1. The van der Waals surface area contributed by atoms with Crippen molar-refractivity contribution in [3.8, 4) is 0 Å². The summed E-state index contributed by atoms with van der Waals surface area (Å²) in [6.07, 6.45) is 0. The van der Waals surface area contributed by atoms with E-state index in [2.05, 4.69) is 10.4 Å². The van der Waals surface area contributed by atoms with Gasteiger partial charge in [-0.3, -0.25) is 9.10 Å². The zero-order valence-electron chi connectivity index (χ0n) is 18.5. The lowest BCUT2D eigenvalue weighted by Gasteiger charge is -2.23. The minimum absolute atomic E-state index is 0.0614. The Morgan fingerprint density at radius 1 is 1.06 bits per heavy atom. The number of benzene rings is 2. The number of carbonyl (C=O) groups excluding carboxylic acids is 1. The van der Waals surface area contributed by atoms with Gasteiger partial charge in [-0.25, -0.2) is 13.1 Å². The van der Waals surface area contributed by atoms with E-state index < -0.39 is 15.9 Å². The van der Waals surface area contributed by atoms with Crippen LogP contribution in [0.25, 0.3) is 0 Å². The van der Waals surface area contributed by atoms with Crippen molar-refractivity contribution in [2.75, 3.05) is 16.2 Å². The molecule has 0 aliphatic rings. The summed E-state index contributed by atoms with van der Waals surface area (Å²) >= 11 is 0.